The third kappa shape index (κ3) is 3.60. The molecule has 2 aromatic rings. The summed E-state index contributed by atoms with van der Waals surface area (Å²) in [6.07, 6.45) is 8.89. The van der Waals surface area contributed by atoms with Crippen LogP contribution < -0.4 is 5.73 Å². The third-order valence-corrected chi connectivity index (χ3v) is 4.01. The molecule has 0 radical (unpaired) electrons. The summed E-state index contributed by atoms with van der Waals surface area (Å²) in [5, 5.41) is 5.81. The van der Waals surface area contributed by atoms with Gasteiger partial charge in [0.15, 0.2) is 0 Å². The number of rotatable bonds is 8. The maximum absolute atomic E-state index is 6.34. The van der Waals surface area contributed by atoms with E-state index in [1.54, 1.807) is 0 Å². The molecule has 2 N–H and O–H groups in total. The Morgan fingerprint density at radius 3 is 2.60 bits per heavy atom. The van der Waals surface area contributed by atoms with Crippen LogP contribution in [0.4, 0.5) is 0 Å². The molecule has 20 heavy (non-hydrogen) atoms. The Bertz CT molecular complexity index is 530. The van der Waals surface area contributed by atoms with Crippen molar-refractivity contribution in [2.75, 3.05) is 0 Å². The molecule has 1 aromatic carbocycles. The Labute approximate surface area is 122 Å². The van der Waals surface area contributed by atoms with E-state index in [1.165, 1.54) is 49.4 Å². The number of para-hydroxylation sites is 1. The van der Waals surface area contributed by atoms with Gasteiger partial charge in [-0.3, -0.25) is 4.68 Å². The van der Waals surface area contributed by atoms with Gasteiger partial charge in [-0.15, -0.1) is 0 Å². The number of hydrogen-bond donors (Lipinski definition) is 1. The average Bonchev–Trinajstić information content (AvgIpc) is 2.80. The van der Waals surface area contributed by atoms with Gasteiger partial charge in [-0.25, -0.2) is 0 Å². The largest absolute Gasteiger partial charge is 0.323 e. The molecule has 0 spiro atoms. The normalized spacial score (nSPS) is 12.9. The van der Waals surface area contributed by atoms with E-state index in [2.05, 4.69) is 30.2 Å². The minimum Gasteiger partial charge on any atom is -0.323 e. The molecule has 1 aromatic heterocycles. The van der Waals surface area contributed by atoms with Crippen molar-refractivity contribution in [2.45, 2.75) is 57.9 Å². The highest BCUT2D eigenvalue weighted by Gasteiger charge is 2.14. The fourth-order valence-corrected chi connectivity index (χ4v) is 2.80. The van der Waals surface area contributed by atoms with E-state index in [-0.39, 0.29) is 6.04 Å². The first-order chi connectivity index (χ1) is 9.74. The molecule has 0 aliphatic carbocycles. The predicted molar refractivity (Wildman–Crippen MR) is 85.6 cm³/mol. The fraction of sp³-hybridized carbons (Fsp3) is 0.588. The Hall–Kier alpha value is -1.35. The van der Waals surface area contributed by atoms with Crippen molar-refractivity contribution in [1.82, 2.24) is 9.78 Å². The summed E-state index contributed by atoms with van der Waals surface area (Å²) in [4.78, 5) is 0. The van der Waals surface area contributed by atoms with Gasteiger partial charge in [0.1, 0.15) is 0 Å². The molecule has 0 aliphatic heterocycles. The first-order valence-electron chi connectivity index (χ1n) is 7.91. The summed E-state index contributed by atoms with van der Waals surface area (Å²) < 4.78 is 1.94. The zero-order valence-corrected chi connectivity index (χ0v) is 12.8. The Morgan fingerprint density at radius 2 is 1.80 bits per heavy atom. The van der Waals surface area contributed by atoms with Crippen LogP contribution in [0.5, 0.6) is 0 Å². The number of fused-ring (bicyclic) bond motifs is 1. The van der Waals surface area contributed by atoms with Crippen LogP contribution in [0.1, 0.15) is 63.6 Å². The summed E-state index contributed by atoms with van der Waals surface area (Å²) in [6, 6.07) is 8.40. The lowest BCUT2D eigenvalue weighted by Gasteiger charge is -2.09. The van der Waals surface area contributed by atoms with E-state index < -0.39 is 0 Å². The molecule has 3 heteroatoms. The van der Waals surface area contributed by atoms with Crippen LogP contribution in [0.25, 0.3) is 10.9 Å². The second-order valence-electron chi connectivity index (χ2n) is 5.69. The summed E-state index contributed by atoms with van der Waals surface area (Å²) in [5.41, 5.74) is 8.56. The van der Waals surface area contributed by atoms with Crippen molar-refractivity contribution in [1.29, 1.82) is 0 Å². The van der Waals surface area contributed by atoms with Crippen LogP contribution in [0.2, 0.25) is 0 Å². The molecule has 2 rings (SSSR count). The Balaban J connectivity index is 1.89. The van der Waals surface area contributed by atoms with Crippen molar-refractivity contribution in [3.05, 3.63) is 30.0 Å². The number of nitrogens with two attached hydrogens (primary N) is 1. The van der Waals surface area contributed by atoms with Crippen LogP contribution in [0.15, 0.2) is 24.3 Å². The quantitative estimate of drug-likeness (QED) is 0.728. The molecular formula is C17H27N3. The maximum Gasteiger partial charge on any atom is 0.0870 e. The molecule has 0 saturated heterocycles. The van der Waals surface area contributed by atoms with E-state index in [4.69, 9.17) is 5.73 Å². The number of nitrogens with zero attached hydrogens (tertiary/aromatic N) is 2. The number of benzene rings is 1. The molecule has 0 bridgehead atoms. The zero-order chi connectivity index (χ0) is 14.4. The summed E-state index contributed by atoms with van der Waals surface area (Å²) >= 11 is 0. The van der Waals surface area contributed by atoms with E-state index in [0.717, 1.165) is 12.1 Å². The fourth-order valence-electron chi connectivity index (χ4n) is 2.80. The van der Waals surface area contributed by atoms with E-state index in [9.17, 15) is 0 Å². The van der Waals surface area contributed by atoms with Crippen LogP contribution in [0.3, 0.4) is 0 Å². The maximum atomic E-state index is 6.34. The third-order valence-electron chi connectivity index (χ3n) is 4.01. The molecule has 1 heterocycles. The van der Waals surface area contributed by atoms with Gasteiger partial charge in [0.05, 0.1) is 11.2 Å². The zero-order valence-electron chi connectivity index (χ0n) is 12.8. The molecule has 3 nitrogen and oxygen atoms in total. The molecular weight excluding hydrogens is 246 g/mol. The van der Waals surface area contributed by atoms with Crippen molar-refractivity contribution in [3.63, 3.8) is 0 Å². The lowest BCUT2D eigenvalue weighted by Crippen LogP contribution is -2.11. The second-order valence-corrected chi connectivity index (χ2v) is 5.69. The van der Waals surface area contributed by atoms with Crippen LogP contribution in [-0.2, 0) is 7.05 Å². The molecule has 0 aliphatic rings. The lowest BCUT2D eigenvalue weighted by atomic mass is 10.0. The molecule has 1 unspecified atom stereocenters. The predicted octanol–water partition coefficient (Wildman–Crippen LogP) is 4.32. The highest BCUT2D eigenvalue weighted by atomic mass is 15.3. The van der Waals surface area contributed by atoms with E-state index >= 15 is 0 Å². The van der Waals surface area contributed by atoms with Gasteiger partial charge in [-0.05, 0) is 12.5 Å². The first-order valence-corrected chi connectivity index (χ1v) is 7.91. The Kier molecular flexibility index (Phi) is 5.60. The van der Waals surface area contributed by atoms with Crippen LogP contribution in [0, 0.1) is 0 Å². The van der Waals surface area contributed by atoms with Gasteiger partial charge in [-0.2, -0.15) is 5.10 Å². The standard InChI is InChI=1S/C17H27N3/c1-3-4-5-6-7-8-12-15(18)17-14-11-9-10-13-16(14)20(2)19-17/h9-11,13,15H,3-8,12,18H2,1-2H3. The van der Waals surface area contributed by atoms with Crippen molar-refractivity contribution >= 4 is 10.9 Å². The molecule has 0 fully saturated rings. The number of hydrogen-bond acceptors (Lipinski definition) is 2. The minimum atomic E-state index is 0.0623. The van der Waals surface area contributed by atoms with E-state index in [0.29, 0.717) is 0 Å². The Morgan fingerprint density at radius 1 is 1.10 bits per heavy atom. The summed E-state index contributed by atoms with van der Waals surface area (Å²) in [6.45, 7) is 2.25. The molecule has 0 saturated carbocycles. The second kappa shape index (κ2) is 7.44. The highest BCUT2D eigenvalue weighted by molar-refractivity contribution is 5.82. The highest BCUT2D eigenvalue weighted by Crippen LogP contribution is 2.25. The van der Waals surface area contributed by atoms with Gasteiger partial charge in [0.2, 0.25) is 0 Å². The summed E-state index contributed by atoms with van der Waals surface area (Å²) in [5.74, 6) is 0. The lowest BCUT2D eigenvalue weighted by molar-refractivity contribution is 0.538. The summed E-state index contributed by atoms with van der Waals surface area (Å²) in [7, 11) is 1.99. The van der Waals surface area contributed by atoms with Gasteiger partial charge in [-0.1, -0.05) is 63.6 Å². The van der Waals surface area contributed by atoms with Crippen molar-refractivity contribution < 1.29 is 0 Å². The molecule has 110 valence electrons. The van der Waals surface area contributed by atoms with Crippen molar-refractivity contribution in [3.8, 4) is 0 Å². The van der Waals surface area contributed by atoms with Crippen LogP contribution >= 0.6 is 0 Å². The number of unbranched alkanes of at least 4 members (excludes halogenated alkanes) is 5. The van der Waals surface area contributed by atoms with Gasteiger partial charge in [0, 0.05) is 18.5 Å². The molecule has 1 atom stereocenters. The van der Waals surface area contributed by atoms with Crippen molar-refractivity contribution in [2.24, 2.45) is 12.8 Å². The number of aryl methyl sites for hydroxylation is 1. The minimum absolute atomic E-state index is 0.0623. The van der Waals surface area contributed by atoms with Crippen LogP contribution in [-0.4, -0.2) is 9.78 Å². The van der Waals surface area contributed by atoms with Gasteiger partial charge < -0.3 is 5.73 Å². The number of aromatic nitrogens is 2. The monoisotopic (exact) mass is 273 g/mol. The first kappa shape index (κ1) is 15.0. The smallest absolute Gasteiger partial charge is 0.0870 e. The van der Waals surface area contributed by atoms with Gasteiger partial charge >= 0.3 is 0 Å². The average molecular weight is 273 g/mol. The van der Waals surface area contributed by atoms with Gasteiger partial charge in [0.25, 0.3) is 0 Å². The SMILES string of the molecule is CCCCCCCCC(N)c1nn(C)c2ccccc12. The van der Waals surface area contributed by atoms with E-state index in [1.807, 2.05) is 17.8 Å². The topological polar surface area (TPSA) is 43.8 Å². The molecule has 0 amide bonds.